The Balaban J connectivity index is 2.45. The summed E-state index contributed by atoms with van der Waals surface area (Å²) in [5, 5.41) is 3.23. The van der Waals surface area contributed by atoms with Crippen LogP contribution in [-0.4, -0.2) is 18.6 Å². The topological polar surface area (TPSA) is 15.3 Å². The molecule has 0 saturated heterocycles. The Morgan fingerprint density at radius 2 is 2.05 bits per heavy atom. The third-order valence-electron chi connectivity index (χ3n) is 4.57. The minimum absolute atomic E-state index is 0.0827. The lowest BCUT2D eigenvalue weighted by atomic mass is 9.79. The van der Waals surface area contributed by atoms with Crippen molar-refractivity contribution in [1.29, 1.82) is 0 Å². The minimum atomic E-state index is -0.0827. The van der Waals surface area contributed by atoms with Crippen LogP contribution in [0, 0.1) is 5.82 Å². The first-order chi connectivity index (χ1) is 9.90. The number of halogens is 1. The fourth-order valence-electron chi connectivity index (χ4n) is 3.59. The van der Waals surface area contributed by atoms with Crippen molar-refractivity contribution in [2.24, 2.45) is 0 Å². The van der Waals surface area contributed by atoms with Crippen LogP contribution in [0.2, 0.25) is 0 Å². The zero-order valence-corrected chi connectivity index (χ0v) is 14.1. The highest BCUT2D eigenvalue weighted by atomic mass is 19.1. The Labute approximate surface area is 128 Å². The second-order valence-corrected chi connectivity index (χ2v) is 6.85. The average molecular weight is 292 g/mol. The first-order valence-electron chi connectivity index (χ1n) is 8.21. The number of benzene rings is 1. The van der Waals surface area contributed by atoms with Crippen molar-refractivity contribution >= 4 is 5.69 Å². The van der Waals surface area contributed by atoms with Gasteiger partial charge in [-0.3, -0.25) is 0 Å². The summed E-state index contributed by atoms with van der Waals surface area (Å²) in [7, 11) is 0. The molecule has 0 radical (unpaired) electrons. The molecule has 0 spiro atoms. The van der Waals surface area contributed by atoms with Crippen LogP contribution in [0.25, 0.3) is 0 Å². The second kappa shape index (κ2) is 6.35. The van der Waals surface area contributed by atoms with Crippen LogP contribution in [0.1, 0.15) is 64.5 Å². The zero-order valence-electron chi connectivity index (χ0n) is 14.1. The number of anilines is 1. The van der Waals surface area contributed by atoms with Crippen LogP contribution < -0.4 is 10.2 Å². The van der Waals surface area contributed by atoms with Crippen molar-refractivity contribution in [2.45, 2.75) is 65.5 Å². The molecule has 3 heteroatoms. The third kappa shape index (κ3) is 3.23. The van der Waals surface area contributed by atoms with Crippen LogP contribution in [0.5, 0.6) is 0 Å². The van der Waals surface area contributed by atoms with Gasteiger partial charge in [0, 0.05) is 29.9 Å². The van der Waals surface area contributed by atoms with E-state index in [1.165, 1.54) is 5.56 Å². The molecule has 0 aliphatic carbocycles. The smallest absolute Gasteiger partial charge is 0.129 e. The van der Waals surface area contributed by atoms with Crippen molar-refractivity contribution in [2.75, 3.05) is 18.0 Å². The molecule has 0 saturated carbocycles. The van der Waals surface area contributed by atoms with E-state index in [1.807, 2.05) is 6.92 Å². The van der Waals surface area contributed by atoms with Gasteiger partial charge in [-0.1, -0.05) is 20.8 Å². The van der Waals surface area contributed by atoms with Gasteiger partial charge in [-0.05, 0) is 56.8 Å². The molecule has 0 aromatic heterocycles. The summed E-state index contributed by atoms with van der Waals surface area (Å²) in [5.74, 6) is 0.393. The van der Waals surface area contributed by atoms with Crippen molar-refractivity contribution in [3.05, 3.63) is 29.1 Å². The van der Waals surface area contributed by atoms with Gasteiger partial charge in [-0.25, -0.2) is 4.39 Å². The number of fused-ring (bicyclic) bond motifs is 1. The maximum atomic E-state index is 14.4. The minimum Gasteiger partial charge on any atom is -0.366 e. The molecule has 1 N–H and O–H groups in total. The highest BCUT2D eigenvalue weighted by Crippen LogP contribution is 2.44. The maximum Gasteiger partial charge on any atom is 0.129 e. The third-order valence-corrected chi connectivity index (χ3v) is 4.57. The van der Waals surface area contributed by atoms with E-state index < -0.39 is 0 Å². The Bertz CT molecular complexity index is 496. The summed E-state index contributed by atoms with van der Waals surface area (Å²) >= 11 is 0. The molecule has 118 valence electrons. The molecule has 2 nitrogen and oxygen atoms in total. The molecule has 0 bridgehead atoms. The zero-order chi connectivity index (χ0) is 15.6. The molecule has 1 aliphatic heterocycles. The lowest BCUT2D eigenvalue weighted by molar-refractivity contribution is 0.374. The number of rotatable bonds is 5. The lowest BCUT2D eigenvalue weighted by Crippen LogP contribution is -2.48. The largest absolute Gasteiger partial charge is 0.366 e. The van der Waals surface area contributed by atoms with E-state index in [0.29, 0.717) is 12.5 Å². The van der Waals surface area contributed by atoms with E-state index in [0.717, 1.165) is 37.2 Å². The molecule has 1 atom stereocenters. The standard InChI is InChI=1S/C18H29FN2/c1-6-8-21-17-10-16(19)14(12-20-7-2)9-15(17)13(3)11-18(21,4)5/h9-10,13,20H,6-8,11-12H2,1-5H3. The number of hydrogen-bond acceptors (Lipinski definition) is 2. The molecular formula is C18H29FN2. The van der Waals surface area contributed by atoms with Gasteiger partial charge in [0.05, 0.1) is 0 Å². The van der Waals surface area contributed by atoms with Gasteiger partial charge in [0.15, 0.2) is 0 Å². The predicted molar refractivity (Wildman–Crippen MR) is 88.5 cm³/mol. The van der Waals surface area contributed by atoms with Gasteiger partial charge < -0.3 is 10.2 Å². The van der Waals surface area contributed by atoms with Crippen LogP contribution in [-0.2, 0) is 6.54 Å². The average Bonchev–Trinajstić information content (AvgIpc) is 2.41. The molecule has 0 fully saturated rings. The summed E-state index contributed by atoms with van der Waals surface area (Å²) < 4.78 is 14.4. The highest BCUT2D eigenvalue weighted by Gasteiger charge is 2.36. The molecular weight excluding hydrogens is 263 g/mol. The van der Waals surface area contributed by atoms with E-state index >= 15 is 0 Å². The molecule has 1 unspecified atom stereocenters. The molecule has 1 aliphatic rings. The van der Waals surface area contributed by atoms with Crippen LogP contribution in [0.15, 0.2) is 12.1 Å². The fraction of sp³-hybridized carbons (Fsp3) is 0.667. The molecule has 1 heterocycles. The second-order valence-electron chi connectivity index (χ2n) is 6.85. The van der Waals surface area contributed by atoms with Crippen molar-refractivity contribution in [1.82, 2.24) is 5.32 Å². The molecule has 1 aromatic carbocycles. The number of hydrogen-bond donors (Lipinski definition) is 1. The fourth-order valence-corrected chi connectivity index (χ4v) is 3.59. The Hall–Kier alpha value is -1.09. The van der Waals surface area contributed by atoms with Crippen LogP contribution in [0.3, 0.4) is 0 Å². The lowest BCUT2D eigenvalue weighted by Gasteiger charge is -2.47. The predicted octanol–water partition coefficient (Wildman–Crippen LogP) is 4.44. The first kappa shape index (κ1) is 16.3. The number of nitrogens with zero attached hydrogens (tertiary/aromatic N) is 1. The Morgan fingerprint density at radius 3 is 2.67 bits per heavy atom. The van der Waals surface area contributed by atoms with E-state index in [-0.39, 0.29) is 11.4 Å². The molecule has 0 amide bonds. The number of nitrogens with one attached hydrogen (secondary N) is 1. The van der Waals surface area contributed by atoms with Gasteiger partial charge in [0.1, 0.15) is 5.82 Å². The van der Waals surface area contributed by atoms with E-state index in [2.05, 4.69) is 44.0 Å². The quantitative estimate of drug-likeness (QED) is 0.863. The van der Waals surface area contributed by atoms with Crippen LogP contribution >= 0.6 is 0 Å². The molecule has 21 heavy (non-hydrogen) atoms. The highest BCUT2D eigenvalue weighted by molar-refractivity contribution is 5.61. The van der Waals surface area contributed by atoms with E-state index in [1.54, 1.807) is 6.07 Å². The van der Waals surface area contributed by atoms with Gasteiger partial charge in [0.2, 0.25) is 0 Å². The summed E-state index contributed by atoms with van der Waals surface area (Å²) in [6.07, 6.45) is 2.20. The van der Waals surface area contributed by atoms with Crippen molar-refractivity contribution in [3.8, 4) is 0 Å². The molecule has 1 aromatic rings. The summed E-state index contributed by atoms with van der Waals surface area (Å²) in [4.78, 5) is 2.39. The van der Waals surface area contributed by atoms with Crippen LogP contribution in [0.4, 0.5) is 10.1 Å². The van der Waals surface area contributed by atoms with Gasteiger partial charge in [-0.2, -0.15) is 0 Å². The Morgan fingerprint density at radius 1 is 1.33 bits per heavy atom. The SMILES string of the molecule is CCCN1c2cc(F)c(CNCC)cc2C(C)CC1(C)C. The first-order valence-corrected chi connectivity index (χ1v) is 8.21. The van der Waals surface area contributed by atoms with E-state index in [4.69, 9.17) is 0 Å². The summed E-state index contributed by atoms with van der Waals surface area (Å²) in [6.45, 7) is 13.5. The van der Waals surface area contributed by atoms with Crippen molar-refractivity contribution < 1.29 is 4.39 Å². The normalized spacial score (nSPS) is 20.5. The molecule has 2 rings (SSSR count). The van der Waals surface area contributed by atoms with Crippen molar-refractivity contribution in [3.63, 3.8) is 0 Å². The van der Waals surface area contributed by atoms with Gasteiger partial charge in [0.25, 0.3) is 0 Å². The van der Waals surface area contributed by atoms with Gasteiger partial charge in [-0.15, -0.1) is 0 Å². The monoisotopic (exact) mass is 292 g/mol. The maximum absolute atomic E-state index is 14.4. The van der Waals surface area contributed by atoms with Gasteiger partial charge >= 0.3 is 0 Å². The Kier molecular flexibility index (Phi) is 4.92. The summed E-state index contributed by atoms with van der Waals surface area (Å²) in [6, 6.07) is 3.84. The van der Waals surface area contributed by atoms with E-state index in [9.17, 15) is 4.39 Å². The summed E-state index contributed by atoms with van der Waals surface area (Å²) in [5.41, 5.74) is 3.28.